The first-order valence-corrected chi connectivity index (χ1v) is 5.70. The maximum absolute atomic E-state index is 11.3. The lowest BCUT2D eigenvalue weighted by atomic mass is 10.3. The molecule has 0 radical (unpaired) electrons. The van der Waals surface area contributed by atoms with E-state index < -0.39 is 5.97 Å². The molecule has 1 aromatic rings. The summed E-state index contributed by atoms with van der Waals surface area (Å²) in [5.74, 6) is 1.57. The number of aromatic nitrogens is 1. The van der Waals surface area contributed by atoms with E-state index in [0.29, 0.717) is 17.4 Å². The number of carbonyl (C=O) groups is 1. The molecule has 17 heavy (non-hydrogen) atoms. The molecule has 0 amide bonds. The van der Waals surface area contributed by atoms with Crippen molar-refractivity contribution in [3.8, 4) is 0 Å². The lowest BCUT2D eigenvalue weighted by molar-refractivity contribution is 0.0594. The summed E-state index contributed by atoms with van der Waals surface area (Å²) in [6, 6.07) is 3.23. The van der Waals surface area contributed by atoms with E-state index >= 15 is 0 Å². The third-order valence-corrected chi connectivity index (χ3v) is 3.13. The summed E-state index contributed by atoms with van der Waals surface area (Å²) >= 11 is 0. The van der Waals surface area contributed by atoms with Crippen molar-refractivity contribution in [1.29, 1.82) is 0 Å². The Labute approximate surface area is 100 Å². The van der Waals surface area contributed by atoms with Crippen molar-refractivity contribution >= 4 is 17.5 Å². The summed E-state index contributed by atoms with van der Waals surface area (Å²) in [7, 11) is 1.33. The average molecular weight is 235 g/mol. The Balaban J connectivity index is 2.06. The number of nitrogens with one attached hydrogen (secondary N) is 1. The summed E-state index contributed by atoms with van der Waals surface area (Å²) < 4.78 is 4.62. The number of pyridine rings is 1. The molecule has 0 bridgehead atoms. The Morgan fingerprint density at radius 1 is 1.65 bits per heavy atom. The minimum Gasteiger partial charge on any atom is -0.464 e. The number of nitrogens with two attached hydrogens (primary N) is 1. The molecule has 1 fully saturated rings. The first-order valence-electron chi connectivity index (χ1n) is 5.70. The van der Waals surface area contributed by atoms with Gasteiger partial charge in [0.25, 0.3) is 0 Å². The summed E-state index contributed by atoms with van der Waals surface area (Å²) in [6.07, 6.45) is 1.24. The van der Waals surface area contributed by atoms with Gasteiger partial charge in [-0.2, -0.15) is 0 Å². The monoisotopic (exact) mass is 235 g/mol. The fraction of sp³-hybridized carbons (Fsp3) is 0.500. The minimum atomic E-state index is -0.451. The van der Waals surface area contributed by atoms with Gasteiger partial charge in [0.05, 0.1) is 12.8 Å². The van der Waals surface area contributed by atoms with Gasteiger partial charge in [0.2, 0.25) is 0 Å². The van der Waals surface area contributed by atoms with E-state index in [0.717, 1.165) is 12.5 Å². The highest BCUT2D eigenvalue weighted by Crippen LogP contribution is 2.37. The van der Waals surface area contributed by atoms with E-state index in [-0.39, 0.29) is 5.69 Å². The van der Waals surface area contributed by atoms with E-state index in [1.165, 1.54) is 13.5 Å². The lowest BCUT2D eigenvalue weighted by Gasteiger charge is -2.09. The number of hydrogen-bond donors (Lipinski definition) is 2. The van der Waals surface area contributed by atoms with Gasteiger partial charge >= 0.3 is 5.97 Å². The van der Waals surface area contributed by atoms with Crippen LogP contribution in [0.25, 0.3) is 0 Å². The Bertz CT molecular complexity index is 434. The standard InChI is InChI=1S/C12H17N3O2/c1-7-5-8(7)6-14-11-9(13)3-4-10(15-11)12(16)17-2/h3-4,7-8H,5-6,13H2,1-2H3,(H,14,15). The Hall–Kier alpha value is -1.78. The van der Waals surface area contributed by atoms with Crippen LogP contribution in [0.3, 0.4) is 0 Å². The van der Waals surface area contributed by atoms with Crippen molar-refractivity contribution in [2.45, 2.75) is 13.3 Å². The number of esters is 1. The zero-order valence-corrected chi connectivity index (χ0v) is 10.1. The quantitative estimate of drug-likeness (QED) is 0.774. The van der Waals surface area contributed by atoms with E-state index in [4.69, 9.17) is 5.73 Å². The van der Waals surface area contributed by atoms with Crippen LogP contribution in [-0.4, -0.2) is 24.6 Å². The molecule has 0 aromatic carbocycles. The van der Waals surface area contributed by atoms with Crippen LogP contribution in [0.2, 0.25) is 0 Å². The molecule has 2 atom stereocenters. The second kappa shape index (κ2) is 4.61. The molecule has 92 valence electrons. The van der Waals surface area contributed by atoms with Gasteiger partial charge in [-0.05, 0) is 30.4 Å². The second-order valence-electron chi connectivity index (χ2n) is 4.48. The predicted octanol–water partition coefficient (Wildman–Crippen LogP) is 1.52. The zero-order valence-electron chi connectivity index (χ0n) is 10.1. The third kappa shape index (κ3) is 2.67. The number of methoxy groups -OCH3 is 1. The van der Waals surface area contributed by atoms with E-state index in [9.17, 15) is 4.79 Å². The second-order valence-corrected chi connectivity index (χ2v) is 4.48. The smallest absolute Gasteiger partial charge is 0.356 e. The van der Waals surface area contributed by atoms with Crippen molar-refractivity contribution in [3.63, 3.8) is 0 Å². The van der Waals surface area contributed by atoms with Gasteiger partial charge in [-0.3, -0.25) is 0 Å². The van der Waals surface area contributed by atoms with Crippen LogP contribution in [0.5, 0.6) is 0 Å². The van der Waals surface area contributed by atoms with Gasteiger partial charge < -0.3 is 15.8 Å². The summed E-state index contributed by atoms with van der Waals surface area (Å²) in [4.78, 5) is 15.5. The number of anilines is 2. The molecule has 5 heteroatoms. The molecule has 1 saturated carbocycles. The molecule has 0 aliphatic heterocycles. The topological polar surface area (TPSA) is 77.2 Å². The van der Waals surface area contributed by atoms with E-state index in [1.807, 2.05) is 0 Å². The van der Waals surface area contributed by atoms with Gasteiger partial charge in [-0.15, -0.1) is 0 Å². The van der Waals surface area contributed by atoms with Crippen molar-refractivity contribution < 1.29 is 9.53 Å². The maximum Gasteiger partial charge on any atom is 0.356 e. The predicted molar refractivity (Wildman–Crippen MR) is 65.7 cm³/mol. The first kappa shape index (κ1) is 11.7. The van der Waals surface area contributed by atoms with Crippen molar-refractivity contribution in [3.05, 3.63) is 17.8 Å². The molecular formula is C12H17N3O2. The Morgan fingerprint density at radius 2 is 2.35 bits per heavy atom. The molecule has 1 heterocycles. The first-order chi connectivity index (χ1) is 8.11. The molecule has 2 rings (SSSR count). The van der Waals surface area contributed by atoms with Crippen LogP contribution in [0, 0.1) is 11.8 Å². The summed E-state index contributed by atoms with van der Waals surface area (Å²) in [5.41, 5.74) is 6.61. The normalized spacial score (nSPS) is 22.0. The maximum atomic E-state index is 11.3. The van der Waals surface area contributed by atoms with Gasteiger partial charge in [-0.25, -0.2) is 9.78 Å². The van der Waals surface area contributed by atoms with Gasteiger partial charge in [0, 0.05) is 6.54 Å². The molecule has 2 unspecified atom stereocenters. The van der Waals surface area contributed by atoms with Crippen LogP contribution in [0.4, 0.5) is 11.5 Å². The van der Waals surface area contributed by atoms with Gasteiger partial charge in [0.15, 0.2) is 5.69 Å². The summed E-state index contributed by atoms with van der Waals surface area (Å²) in [5, 5.41) is 3.18. The number of ether oxygens (including phenoxy) is 1. The SMILES string of the molecule is COC(=O)c1ccc(N)c(NCC2CC2C)n1. The highest BCUT2D eigenvalue weighted by molar-refractivity contribution is 5.88. The lowest BCUT2D eigenvalue weighted by Crippen LogP contribution is -2.12. The fourth-order valence-corrected chi connectivity index (χ4v) is 1.74. The van der Waals surface area contributed by atoms with Crippen LogP contribution in [0.15, 0.2) is 12.1 Å². The molecular weight excluding hydrogens is 218 g/mol. The summed E-state index contributed by atoms with van der Waals surface area (Å²) in [6.45, 7) is 3.07. The molecule has 1 aromatic heterocycles. The molecule has 1 aliphatic carbocycles. The third-order valence-electron chi connectivity index (χ3n) is 3.13. The van der Waals surface area contributed by atoms with Crippen LogP contribution >= 0.6 is 0 Å². The molecule has 1 aliphatic rings. The van der Waals surface area contributed by atoms with E-state index in [2.05, 4.69) is 22.0 Å². The average Bonchev–Trinajstić information content (AvgIpc) is 3.03. The van der Waals surface area contributed by atoms with E-state index in [1.54, 1.807) is 12.1 Å². The van der Waals surface area contributed by atoms with Crippen molar-refractivity contribution in [1.82, 2.24) is 4.98 Å². The van der Waals surface area contributed by atoms with Gasteiger partial charge in [-0.1, -0.05) is 6.92 Å². The van der Waals surface area contributed by atoms with Crippen LogP contribution in [-0.2, 0) is 4.74 Å². The van der Waals surface area contributed by atoms with Crippen molar-refractivity contribution in [2.75, 3.05) is 24.7 Å². The molecule has 5 nitrogen and oxygen atoms in total. The van der Waals surface area contributed by atoms with Gasteiger partial charge in [0.1, 0.15) is 5.82 Å². The Morgan fingerprint density at radius 3 is 2.94 bits per heavy atom. The molecule has 0 spiro atoms. The highest BCUT2D eigenvalue weighted by Gasteiger charge is 2.32. The van der Waals surface area contributed by atoms with Crippen LogP contribution in [0.1, 0.15) is 23.8 Å². The van der Waals surface area contributed by atoms with Crippen LogP contribution < -0.4 is 11.1 Å². The van der Waals surface area contributed by atoms with Crippen molar-refractivity contribution in [2.24, 2.45) is 11.8 Å². The highest BCUT2D eigenvalue weighted by atomic mass is 16.5. The number of nitrogens with zero attached hydrogens (tertiary/aromatic N) is 1. The zero-order chi connectivity index (χ0) is 12.4. The number of rotatable bonds is 4. The number of carbonyl (C=O) groups excluding carboxylic acids is 1. The minimum absolute atomic E-state index is 0.271. The number of hydrogen-bond acceptors (Lipinski definition) is 5. The molecule has 0 saturated heterocycles. The Kier molecular flexibility index (Phi) is 3.17. The largest absolute Gasteiger partial charge is 0.464 e. The fourth-order valence-electron chi connectivity index (χ4n) is 1.74. The number of nitrogen functional groups attached to an aromatic ring is 1. The molecule has 3 N–H and O–H groups in total.